The lowest BCUT2D eigenvalue weighted by Gasteiger charge is -2.39. The number of hydrogen-bond donors (Lipinski definition) is 2. The van der Waals surface area contributed by atoms with Crippen molar-refractivity contribution >= 4 is 23.4 Å². The van der Waals surface area contributed by atoms with E-state index in [0.29, 0.717) is 12.0 Å². The van der Waals surface area contributed by atoms with Gasteiger partial charge >= 0.3 is 0 Å². The number of nitrogens with one attached hydrogen (secondary N) is 2. The molecule has 3 fully saturated rings. The van der Waals surface area contributed by atoms with Crippen molar-refractivity contribution in [2.45, 2.75) is 63.8 Å². The van der Waals surface area contributed by atoms with Crippen molar-refractivity contribution < 1.29 is 14.4 Å². The summed E-state index contributed by atoms with van der Waals surface area (Å²) in [6.07, 6.45) is 10.1. The fraction of sp³-hybridized carbons (Fsp3) is 0.609. The number of amides is 3. The predicted molar refractivity (Wildman–Crippen MR) is 112 cm³/mol. The highest BCUT2D eigenvalue weighted by Crippen LogP contribution is 2.40. The van der Waals surface area contributed by atoms with E-state index in [4.69, 9.17) is 0 Å². The summed E-state index contributed by atoms with van der Waals surface area (Å²) in [5.74, 6) is 1.36. The van der Waals surface area contributed by atoms with Crippen molar-refractivity contribution in [2.24, 2.45) is 11.8 Å². The van der Waals surface area contributed by atoms with Crippen molar-refractivity contribution in [3.63, 3.8) is 0 Å². The van der Waals surface area contributed by atoms with Crippen LogP contribution in [0.5, 0.6) is 0 Å². The van der Waals surface area contributed by atoms with Crippen LogP contribution in [0.25, 0.3) is 0 Å². The molecule has 156 valence electrons. The zero-order valence-electron chi connectivity index (χ0n) is 17.0. The molecule has 1 aromatic carbocycles. The second kappa shape index (κ2) is 8.97. The monoisotopic (exact) mass is 397 g/mol. The maximum Gasteiger partial charge on any atom is 0.251 e. The van der Waals surface area contributed by atoms with Crippen LogP contribution in [-0.2, 0) is 9.59 Å². The van der Waals surface area contributed by atoms with Gasteiger partial charge in [0.05, 0.1) is 6.54 Å². The maximum absolute atomic E-state index is 12.4. The van der Waals surface area contributed by atoms with E-state index in [1.165, 1.54) is 32.1 Å². The first kappa shape index (κ1) is 19.9. The number of fused-ring (bicyclic) bond motifs is 1. The number of anilines is 1. The predicted octanol–water partition coefficient (Wildman–Crippen LogP) is 3.02. The molecule has 3 aliphatic rings. The van der Waals surface area contributed by atoms with Crippen molar-refractivity contribution in [1.29, 1.82) is 0 Å². The standard InChI is InChI=1S/C23H31N3O3/c27-21(25-19-10-7-16-4-1-2-5-18(16)14-19)15-24-23(29)17-8-11-20(12-9-17)26-13-3-6-22(26)28/h8-9,11-12,16,18-19H,1-7,10,13-15H2,(H,24,29)(H,25,27)/t16-,18+,19+/m0/s1. The van der Waals surface area contributed by atoms with Crippen LogP contribution >= 0.6 is 0 Å². The molecule has 0 aromatic heterocycles. The Balaban J connectivity index is 1.23. The first-order valence-electron chi connectivity index (χ1n) is 11.1. The summed E-state index contributed by atoms with van der Waals surface area (Å²) in [4.78, 5) is 38.2. The summed E-state index contributed by atoms with van der Waals surface area (Å²) in [6, 6.07) is 7.25. The van der Waals surface area contributed by atoms with Gasteiger partial charge in [0.2, 0.25) is 11.8 Å². The van der Waals surface area contributed by atoms with Gasteiger partial charge < -0.3 is 15.5 Å². The molecule has 1 saturated heterocycles. The largest absolute Gasteiger partial charge is 0.352 e. The van der Waals surface area contributed by atoms with Gasteiger partial charge in [0.25, 0.3) is 5.91 Å². The third-order valence-electron chi connectivity index (χ3n) is 6.83. The quantitative estimate of drug-likeness (QED) is 0.802. The number of hydrogen-bond acceptors (Lipinski definition) is 3. The number of nitrogens with zero attached hydrogens (tertiary/aromatic N) is 1. The summed E-state index contributed by atoms with van der Waals surface area (Å²) in [6.45, 7) is 0.725. The summed E-state index contributed by atoms with van der Waals surface area (Å²) in [7, 11) is 0. The minimum atomic E-state index is -0.268. The minimum Gasteiger partial charge on any atom is -0.352 e. The van der Waals surface area contributed by atoms with E-state index in [2.05, 4.69) is 10.6 Å². The Hall–Kier alpha value is -2.37. The van der Waals surface area contributed by atoms with Crippen LogP contribution in [0.2, 0.25) is 0 Å². The van der Waals surface area contributed by atoms with Gasteiger partial charge in [-0.1, -0.05) is 25.7 Å². The SMILES string of the molecule is O=C(CNC(=O)c1ccc(N2CCCC2=O)cc1)N[C@@H]1CC[C@@H]2CCCC[C@@H]2C1. The highest BCUT2D eigenvalue weighted by molar-refractivity contribution is 5.98. The molecule has 6 nitrogen and oxygen atoms in total. The molecule has 3 amide bonds. The van der Waals surface area contributed by atoms with E-state index in [9.17, 15) is 14.4 Å². The van der Waals surface area contributed by atoms with Crippen LogP contribution in [-0.4, -0.2) is 36.9 Å². The van der Waals surface area contributed by atoms with Crippen molar-refractivity contribution in [2.75, 3.05) is 18.0 Å². The van der Waals surface area contributed by atoms with E-state index in [1.807, 2.05) is 0 Å². The molecule has 0 radical (unpaired) electrons. The van der Waals surface area contributed by atoms with Crippen LogP contribution in [0, 0.1) is 11.8 Å². The summed E-state index contributed by atoms with van der Waals surface area (Å²) < 4.78 is 0. The molecule has 0 spiro atoms. The van der Waals surface area contributed by atoms with Gasteiger partial charge in [-0.3, -0.25) is 14.4 Å². The van der Waals surface area contributed by atoms with Gasteiger partial charge in [-0.2, -0.15) is 0 Å². The average Bonchev–Trinajstić information content (AvgIpc) is 3.18. The van der Waals surface area contributed by atoms with Crippen molar-refractivity contribution in [1.82, 2.24) is 10.6 Å². The van der Waals surface area contributed by atoms with Gasteiger partial charge in [0, 0.05) is 30.3 Å². The number of benzene rings is 1. The third-order valence-corrected chi connectivity index (χ3v) is 6.83. The van der Waals surface area contributed by atoms with Gasteiger partial charge in [-0.05, 0) is 61.8 Å². The zero-order valence-corrected chi connectivity index (χ0v) is 17.0. The Morgan fingerprint density at radius 3 is 2.45 bits per heavy atom. The molecule has 2 N–H and O–H groups in total. The molecule has 29 heavy (non-hydrogen) atoms. The molecule has 2 aliphatic carbocycles. The van der Waals surface area contributed by atoms with Crippen LogP contribution in [0.1, 0.15) is 68.1 Å². The summed E-state index contributed by atoms with van der Waals surface area (Å²) in [5, 5.41) is 5.82. The second-order valence-electron chi connectivity index (χ2n) is 8.76. The van der Waals surface area contributed by atoms with E-state index in [1.54, 1.807) is 29.2 Å². The first-order valence-corrected chi connectivity index (χ1v) is 11.1. The van der Waals surface area contributed by atoms with Crippen LogP contribution in [0.3, 0.4) is 0 Å². The van der Waals surface area contributed by atoms with E-state index in [0.717, 1.165) is 43.3 Å². The molecule has 2 saturated carbocycles. The van der Waals surface area contributed by atoms with Crippen LogP contribution < -0.4 is 15.5 Å². The van der Waals surface area contributed by atoms with Crippen molar-refractivity contribution in [3.8, 4) is 0 Å². The molecule has 6 heteroatoms. The van der Waals surface area contributed by atoms with Gasteiger partial charge in [0.15, 0.2) is 0 Å². The Bertz CT molecular complexity index is 761. The number of carbonyl (C=O) groups excluding carboxylic acids is 3. The Kier molecular flexibility index (Phi) is 6.16. The molecule has 1 heterocycles. The average molecular weight is 398 g/mol. The molecule has 3 atom stereocenters. The molecule has 1 aromatic rings. The van der Waals surface area contributed by atoms with Gasteiger partial charge in [-0.15, -0.1) is 0 Å². The maximum atomic E-state index is 12.4. The molecule has 1 aliphatic heterocycles. The van der Waals surface area contributed by atoms with E-state index in [-0.39, 0.29) is 30.3 Å². The van der Waals surface area contributed by atoms with Crippen LogP contribution in [0.15, 0.2) is 24.3 Å². The second-order valence-corrected chi connectivity index (χ2v) is 8.76. The fourth-order valence-corrected chi connectivity index (χ4v) is 5.26. The Labute approximate surface area is 172 Å². The summed E-state index contributed by atoms with van der Waals surface area (Å²) >= 11 is 0. The molecular weight excluding hydrogens is 366 g/mol. The Morgan fingerprint density at radius 2 is 1.72 bits per heavy atom. The molecule has 0 bridgehead atoms. The lowest BCUT2D eigenvalue weighted by atomic mass is 9.69. The molecule has 4 rings (SSSR count). The lowest BCUT2D eigenvalue weighted by Crippen LogP contribution is -2.45. The first-order chi connectivity index (χ1) is 14.1. The van der Waals surface area contributed by atoms with Gasteiger partial charge in [-0.25, -0.2) is 0 Å². The summed E-state index contributed by atoms with van der Waals surface area (Å²) in [5.41, 5.74) is 1.32. The normalized spacial score (nSPS) is 26.7. The zero-order chi connectivity index (χ0) is 20.2. The molecular formula is C23H31N3O3. The highest BCUT2D eigenvalue weighted by Gasteiger charge is 2.32. The fourth-order valence-electron chi connectivity index (χ4n) is 5.26. The van der Waals surface area contributed by atoms with E-state index < -0.39 is 0 Å². The number of carbonyl (C=O) groups is 3. The third kappa shape index (κ3) is 4.80. The van der Waals surface area contributed by atoms with Gasteiger partial charge in [0.1, 0.15) is 0 Å². The minimum absolute atomic E-state index is 0.00418. The smallest absolute Gasteiger partial charge is 0.251 e. The Morgan fingerprint density at radius 1 is 0.966 bits per heavy atom. The van der Waals surface area contributed by atoms with Crippen molar-refractivity contribution in [3.05, 3.63) is 29.8 Å². The van der Waals surface area contributed by atoms with Crippen LogP contribution in [0.4, 0.5) is 5.69 Å². The van der Waals surface area contributed by atoms with E-state index >= 15 is 0 Å². The highest BCUT2D eigenvalue weighted by atomic mass is 16.2. The topological polar surface area (TPSA) is 78.5 Å². The number of rotatable bonds is 5. The molecule has 0 unspecified atom stereocenters. The lowest BCUT2D eigenvalue weighted by molar-refractivity contribution is -0.121.